The van der Waals surface area contributed by atoms with Crippen LogP contribution in [-0.4, -0.2) is 21.2 Å². The van der Waals surface area contributed by atoms with Crippen molar-refractivity contribution < 1.29 is 9.90 Å². The molecule has 4 N–H and O–H groups in total. The minimum atomic E-state index is -0.793. The summed E-state index contributed by atoms with van der Waals surface area (Å²) >= 11 is 0. The smallest absolute Gasteiger partial charge is 0.276 e. The Kier molecular flexibility index (Phi) is 6.05. The molecule has 0 fully saturated rings. The van der Waals surface area contributed by atoms with E-state index in [0.29, 0.717) is 17.9 Å². The predicted octanol–water partition coefficient (Wildman–Crippen LogP) is 5.51. The van der Waals surface area contributed by atoms with Gasteiger partial charge in [-0.15, -0.1) is 0 Å². The molecule has 1 heterocycles. The van der Waals surface area contributed by atoms with E-state index in [2.05, 4.69) is 26.9 Å². The minimum Gasteiger partial charge on any atom is -0.384 e. The van der Waals surface area contributed by atoms with E-state index in [9.17, 15) is 9.90 Å². The van der Waals surface area contributed by atoms with Crippen molar-refractivity contribution in [2.45, 2.75) is 12.6 Å². The van der Waals surface area contributed by atoms with E-state index in [1.807, 2.05) is 91.0 Å². The molecule has 34 heavy (non-hydrogen) atoms. The second-order valence-electron chi connectivity index (χ2n) is 8.03. The molecular formula is C28H24N4O2. The van der Waals surface area contributed by atoms with Crippen LogP contribution in [0.2, 0.25) is 0 Å². The Balaban J connectivity index is 1.34. The molecule has 5 aromatic rings. The number of aromatic nitrogens is 2. The number of fused-ring (bicyclic) bond motifs is 1. The molecule has 0 aliphatic carbocycles. The first-order valence-electron chi connectivity index (χ1n) is 11.1. The maximum Gasteiger partial charge on any atom is 0.276 e. The summed E-state index contributed by atoms with van der Waals surface area (Å²) in [5, 5.41) is 26.5. The highest BCUT2D eigenvalue weighted by molar-refractivity contribution is 6.03. The van der Waals surface area contributed by atoms with Gasteiger partial charge < -0.3 is 15.7 Å². The maximum absolute atomic E-state index is 12.7. The number of aromatic amines is 1. The van der Waals surface area contributed by atoms with Crippen LogP contribution in [0.4, 0.5) is 11.4 Å². The van der Waals surface area contributed by atoms with Crippen molar-refractivity contribution >= 4 is 28.1 Å². The third kappa shape index (κ3) is 4.53. The van der Waals surface area contributed by atoms with Crippen molar-refractivity contribution in [3.8, 4) is 0 Å². The fourth-order valence-corrected chi connectivity index (χ4v) is 4.00. The quantitative estimate of drug-likeness (QED) is 0.264. The molecule has 0 radical (unpaired) electrons. The highest BCUT2D eigenvalue weighted by Gasteiger charge is 2.18. The Morgan fingerprint density at radius 2 is 1.62 bits per heavy atom. The first kappa shape index (κ1) is 21.4. The molecule has 1 amide bonds. The average Bonchev–Trinajstić information content (AvgIpc) is 3.36. The molecule has 5 rings (SSSR count). The molecular weight excluding hydrogens is 424 g/mol. The number of anilines is 2. The lowest BCUT2D eigenvalue weighted by molar-refractivity contribution is 0.102. The third-order valence-corrected chi connectivity index (χ3v) is 5.78. The number of amides is 1. The monoisotopic (exact) mass is 448 g/mol. The lowest BCUT2D eigenvalue weighted by Crippen LogP contribution is -2.16. The van der Waals surface area contributed by atoms with Gasteiger partial charge in [-0.25, -0.2) is 0 Å². The molecule has 1 aromatic heterocycles. The molecule has 0 aliphatic heterocycles. The Labute approximate surface area is 197 Å². The van der Waals surface area contributed by atoms with Crippen LogP contribution < -0.4 is 10.6 Å². The third-order valence-electron chi connectivity index (χ3n) is 5.78. The fraction of sp³-hybridized carbons (Fsp3) is 0.0714. The summed E-state index contributed by atoms with van der Waals surface area (Å²) < 4.78 is 0. The SMILES string of the molecule is O=C(Nc1ccccc1)c1n[nH]cc1CNc1ccccc1C(O)c1ccc2ccccc2c1. The van der Waals surface area contributed by atoms with E-state index in [-0.39, 0.29) is 5.91 Å². The fourth-order valence-electron chi connectivity index (χ4n) is 4.00. The second-order valence-corrected chi connectivity index (χ2v) is 8.03. The lowest BCUT2D eigenvalue weighted by atomic mass is 9.97. The summed E-state index contributed by atoms with van der Waals surface area (Å²) in [6.45, 7) is 0.371. The number of carbonyl (C=O) groups is 1. The molecule has 0 bridgehead atoms. The molecule has 6 nitrogen and oxygen atoms in total. The van der Waals surface area contributed by atoms with Crippen LogP contribution in [0, 0.1) is 0 Å². The van der Waals surface area contributed by atoms with E-state index < -0.39 is 6.10 Å². The number of aliphatic hydroxyl groups is 1. The first-order chi connectivity index (χ1) is 16.7. The van der Waals surface area contributed by atoms with Gasteiger partial charge in [-0.2, -0.15) is 5.10 Å². The zero-order valence-corrected chi connectivity index (χ0v) is 18.4. The Bertz CT molecular complexity index is 1430. The van der Waals surface area contributed by atoms with Crippen molar-refractivity contribution in [2.24, 2.45) is 0 Å². The lowest BCUT2D eigenvalue weighted by Gasteiger charge is -2.18. The zero-order valence-electron chi connectivity index (χ0n) is 18.4. The van der Waals surface area contributed by atoms with E-state index in [0.717, 1.165) is 33.2 Å². The molecule has 0 saturated heterocycles. The summed E-state index contributed by atoms with van der Waals surface area (Å²) in [7, 11) is 0. The van der Waals surface area contributed by atoms with Gasteiger partial charge >= 0.3 is 0 Å². The molecule has 0 aliphatic rings. The number of aliphatic hydroxyl groups excluding tert-OH is 1. The van der Waals surface area contributed by atoms with Gasteiger partial charge in [-0.1, -0.05) is 72.8 Å². The molecule has 1 atom stereocenters. The first-order valence-corrected chi connectivity index (χ1v) is 11.1. The number of hydrogen-bond donors (Lipinski definition) is 4. The van der Waals surface area contributed by atoms with Crippen LogP contribution in [0.3, 0.4) is 0 Å². The summed E-state index contributed by atoms with van der Waals surface area (Å²) in [5.74, 6) is -0.284. The van der Waals surface area contributed by atoms with Crippen LogP contribution in [-0.2, 0) is 6.54 Å². The normalized spacial score (nSPS) is 11.8. The van der Waals surface area contributed by atoms with Crippen molar-refractivity contribution in [1.29, 1.82) is 0 Å². The van der Waals surface area contributed by atoms with Gasteiger partial charge in [0.2, 0.25) is 0 Å². The predicted molar refractivity (Wildman–Crippen MR) is 135 cm³/mol. The summed E-state index contributed by atoms with van der Waals surface area (Å²) in [4.78, 5) is 12.7. The number of nitrogens with one attached hydrogen (secondary N) is 3. The van der Waals surface area contributed by atoms with Crippen LogP contribution in [0.25, 0.3) is 10.8 Å². The summed E-state index contributed by atoms with van der Waals surface area (Å²) in [6, 6.07) is 31.0. The number of nitrogens with zero attached hydrogens (tertiary/aromatic N) is 1. The highest BCUT2D eigenvalue weighted by atomic mass is 16.3. The minimum absolute atomic E-state index is 0.284. The Morgan fingerprint density at radius 1 is 0.882 bits per heavy atom. The second kappa shape index (κ2) is 9.60. The molecule has 0 saturated carbocycles. The van der Waals surface area contributed by atoms with Crippen LogP contribution in [0.5, 0.6) is 0 Å². The Hall–Kier alpha value is -4.42. The number of carbonyl (C=O) groups excluding carboxylic acids is 1. The van der Waals surface area contributed by atoms with Gasteiger partial charge in [-0.3, -0.25) is 9.89 Å². The van der Waals surface area contributed by atoms with Crippen LogP contribution in [0.15, 0.2) is 103 Å². The van der Waals surface area contributed by atoms with Gasteiger partial charge in [0.05, 0.1) is 0 Å². The number of hydrogen-bond acceptors (Lipinski definition) is 4. The highest BCUT2D eigenvalue weighted by Crippen LogP contribution is 2.30. The van der Waals surface area contributed by atoms with E-state index in [4.69, 9.17) is 0 Å². The topological polar surface area (TPSA) is 90.0 Å². The van der Waals surface area contributed by atoms with E-state index in [1.54, 1.807) is 6.20 Å². The number of benzene rings is 4. The standard InChI is InChI=1S/C28H24N4O2/c33-27(21-15-14-19-8-4-5-9-20(19)16-21)24-12-6-7-13-25(24)29-17-22-18-30-32-26(22)28(34)31-23-10-2-1-3-11-23/h1-16,18,27,29,33H,17H2,(H,30,32)(H,31,34). The molecule has 1 unspecified atom stereocenters. The largest absolute Gasteiger partial charge is 0.384 e. The summed E-state index contributed by atoms with van der Waals surface area (Å²) in [6.07, 6.45) is 0.911. The van der Waals surface area contributed by atoms with E-state index >= 15 is 0 Å². The number of para-hydroxylation sites is 2. The van der Waals surface area contributed by atoms with Gasteiger partial charge in [0.15, 0.2) is 5.69 Å². The van der Waals surface area contributed by atoms with Gasteiger partial charge in [0, 0.05) is 35.2 Å². The summed E-state index contributed by atoms with van der Waals surface area (Å²) in [5.41, 5.74) is 4.13. The zero-order chi connectivity index (χ0) is 23.3. The average molecular weight is 449 g/mol. The van der Waals surface area contributed by atoms with Crippen LogP contribution in [0.1, 0.15) is 33.3 Å². The van der Waals surface area contributed by atoms with Gasteiger partial charge in [0.1, 0.15) is 6.10 Å². The van der Waals surface area contributed by atoms with Gasteiger partial charge in [0.25, 0.3) is 5.91 Å². The van der Waals surface area contributed by atoms with Crippen LogP contribution >= 0.6 is 0 Å². The maximum atomic E-state index is 12.7. The van der Waals surface area contributed by atoms with Crippen molar-refractivity contribution in [2.75, 3.05) is 10.6 Å². The molecule has 4 aromatic carbocycles. The van der Waals surface area contributed by atoms with Crippen molar-refractivity contribution in [3.05, 3.63) is 126 Å². The number of H-pyrrole nitrogens is 1. The number of rotatable bonds is 7. The molecule has 168 valence electrons. The van der Waals surface area contributed by atoms with Crippen molar-refractivity contribution in [3.63, 3.8) is 0 Å². The molecule has 0 spiro atoms. The van der Waals surface area contributed by atoms with E-state index in [1.165, 1.54) is 0 Å². The Morgan fingerprint density at radius 3 is 2.47 bits per heavy atom. The van der Waals surface area contributed by atoms with Gasteiger partial charge in [-0.05, 0) is 40.6 Å². The van der Waals surface area contributed by atoms with Crippen molar-refractivity contribution in [1.82, 2.24) is 10.2 Å². The molecule has 6 heteroatoms.